The lowest BCUT2D eigenvalue weighted by molar-refractivity contribution is -0.150. The Hall–Kier alpha value is -1.68. The molecule has 28 heavy (non-hydrogen) atoms. The molecule has 2 aliphatic rings. The Morgan fingerprint density at radius 3 is 2.71 bits per heavy atom. The first-order valence-electron chi connectivity index (χ1n) is 9.27. The SMILES string of the molecule is CCN1CCCN(C(=O)[C@H]2CN(S(=O)(=O)c3ccccc3Cl)CCO2)CC1=O. The summed E-state index contributed by atoms with van der Waals surface area (Å²) in [5.41, 5.74) is 0. The lowest BCUT2D eigenvalue weighted by atomic mass is 10.2. The predicted octanol–water partition coefficient (Wildman–Crippen LogP) is 0.810. The van der Waals surface area contributed by atoms with E-state index in [0.29, 0.717) is 26.1 Å². The van der Waals surface area contributed by atoms with Crippen molar-refractivity contribution in [3.05, 3.63) is 29.3 Å². The van der Waals surface area contributed by atoms with Crippen molar-refractivity contribution in [3.63, 3.8) is 0 Å². The molecule has 2 saturated heterocycles. The molecule has 0 N–H and O–H groups in total. The molecule has 2 heterocycles. The summed E-state index contributed by atoms with van der Waals surface area (Å²) in [4.78, 5) is 28.4. The number of carbonyl (C=O) groups is 2. The van der Waals surface area contributed by atoms with E-state index < -0.39 is 16.1 Å². The van der Waals surface area contributed by atoms with Crippen LogP contribution >= 0.6 is 11.6 Å². The van der Waals surface area contributed by atoms with Crippen molar-refractivity contribution < 1.29 is 22.7 Å². The van der Waals surface area contributed by atoms with E-state index in [1.165, 1.54) is 21.3 Å². The van der Waals surface area contributed by atoms with E-state index in [4.69, 9.17) is 16.3 Å². The van der Waals surface area contributed by atoms with Gasteiger partial charge < -0.3 is 14.5 Å². The second-order valence-corrected chi connectivity index (χ2v) is 9.05. The predicted molar refractivity (Wildman–Crippen MR) is 103 cm³/mol. The lowest BCUT2D eigenvalue weighted by Crippen LogP contribution is -2.53. The summed E-state index contributed by atoms with van der Waals surface area (Å²) in [5.74, 6) is -0.463. The van der Waals surface area contributed by atoms with Crippen molar-refractivity contribution >= 4 is 33.4 Å². The average Bonchev–Trinajstić information content (AvgIpc) is 2.88. The first kappa shape index (κ1) is 21.0. The molecule has 1 aromatic carbocycles. The maximum absolute atomic E-state index is 12.9. The Balaban J connectivity index is 1.73. The highest BCUT2D eigenvalue weighted by molar-refractivity contribution is 7.89. The van der Waals surface area contributed by atoms with E-state index in [1.54, 1.807) is 17.0 Å². The number of hydrogen-bond donors (Lipinski definition) is 0. The summed E-state index contributed by atoms with van der Waals surface area (Å²) in [6, 6.07) is 6.21. The number of hydrogen-bond acceptors (Lipinski definition) is 5. The van der Waals surface area contributed by atoms with E-state index >= 15 is 0 Å². The van der Waals surface area contributed by atoms with Crippen molar-refractivity contribution in [1.29, 1.82) is 0 Å². The third-order valence-corrected chi connectivity index (χ3v) is 7.35. The highest BCUT2D eigenvalue weighted by Gasteiger charge is 2.37. The maximum Gasteiger partial charge on any atom is 0.253 e. The van der Waals surface area contributed by atoms with Crippen LogP contribution in [-0.4, -0.2) is 86.3 Å². The van der Waals surface area contributed by atoms with Crippen LogP contribution in [0, 0.1) is 0 Å². The van der Waals surface area contributed by atoms with Gasteiger partial charge in [-0.15, -0.1) is 0 Å². The van der Waals surface area contributed by atoms with Gasteiger partial charge in [-0.1, -0.05) is 23.7 Å². The molecule has 0 spiro atoms. The molecule has 0 bridgehead atoms. The molecule has 1 atom stereocenters. The number of nitrogens with zero attached hydrogens (tertiary/aromatic N) is 3. The zero-order valence-corrected chi connectivity index (χ0v) is 17.3. The molecule has 0 saturated carbocycles. The zero-order chi connectivity index (χ0) is 20.3. The molecule has 2 amide bonds. The van der Waals surface area contributed by atoms with Gasteiger partial charge in [0.1, 0.15) is 11.0 Å². The number of rotatable bonds is 4. The number of amides is 2. The fourth-order valence-electron chi connectivity index (χ4n) is 3.43. The molecule has 3 rings (SSSR count). The fourth-order valence-corrected chi connectivity index (χ4v) is 5.35. The van der Waals surface area contributed by atoms with E-state index in [9.17, 15) is 18.0 Å². The molecule has 1 aromatic rings. The minimum Gasteiger partial charge on any atom is -0.366 e. The van der Waals surface area contributed by atoms with Crippen LogP contribution in [0.3, 0.4) is 0 Å². The highest BCUT2D eigenvalue weighted by atomic mass is 35.5. The molecule has 0 aromatic heterocycles. The molecule has 154 valence electrons. The van der Waals surface area contributed by atoms with Crippen molar-refractivity contribution in [2.24, 2.45) is 0 Å². The number of morpholine rings is 1. The summed E-state index contributed by atoms with van der Waals surface area (Å²) < 4.78 is 32.7. The van der Waals surface area contributed by atoms with Crippen molar-refractivity contribution in [1.82, 2.24) is 14.1 Å². The molecule has 10 heteroatoms. The number of sulfonamides is 1. The molecule has 2 fully saturated rings. The second-order valence-electron chi connectivity index (χ2n) is 6.74. The van der Waals surface area contributed by atoms with Gasteiger partial charge in [-0.3, -0.25) is 9.59 Å². The van der Waals surface area contributed by atoms with E-state index in [2.05, 4.69) is 0 Å². The van der Waals surface area contributed by atoms with Crippen LogP contribution in [-0.2, 0) is 24.3 Å². The molecule has 0 radical (unpaired) electrons. The van der Waals surface area contributed by atoms with Crippen LogP contribution in [0.4, 0.5) is 0 Å². The average molecular weight is 430 g/mol. The van der Waals surface area contributed by atoms with Gasteiger partial charge in [0.25, 0.3) is 5.91 Å². The normalized spacial score (nSPS) is 22.2. The minimum absolute atomic E-state index is 0.00769. The smallest absolute Gasteiger partial charge is 0.253 e. The Kier molecular flexibility index (Phi) is 6.59. The summed E-state index contributed by atoms with van der Waals surface area (Å²) >= 11 is 6.06. The first-order valence-corrected chi connectivity index (χ1v) is 11.1. The van der Waals surface area contributed by atoms with Crippen LogP contribution in [0.15, 0.2) is 29.2 Å². The van der Waals surface area contributed by atoms with E-state index in [-0.39, 0.29) is 48.0 Å². The van der Waals surface area contributed by atoms with Gasteiger partial charge >= 0.3 is 0 Å². The van der Waals surface area contributed by atoms with Gasteiger partial charge in [0.05, 0.1) is 18.2 Å². The first-order chi connectivity index (χ1) is 13.3. The number of carbonyl (C=O) groups excluding carboxylic acids is 2. The van der Waals surface area contributed by atoms with Crippen LogP contribution < -0.4 is 0 Å². The second kappa shape index (κ2) is 8.77. The summed E-state index contributed by atoms with van der Waals surface area (Å²) in [6.45, 7) is 3.68. The lowest BCUT2D eigenvalue weighted by Gasteiger charge is -2.34. The number of likely N-dealkylation sites (N-methyl/N-ethyl adjacent to an activating group) is 1. The van der Waals surface area contributed by atoms with Crippen molar-refractivity contribution in [3.8, 4) is 0 Å². The molecule has 0 unspecified atom stereocenters. The Morgan fingerprint density at radius 1 is 1.25 bits per heavy atom. The number of ether oxygens (including phenoxy) is 1. The number of halogens is 1. The van der Waals surface area contributed by atoms with Gasteiger partial charge in [-0.25, -0.2) is 8.42 Å². The van der Waals surface area contributed by atoms with Crippen molar-refractivity contribution in [2.75, 3.05) is 45.9 Å². The summed E-state index contributed by atoms with van der Waals surface area (Å²) in [7, 11) is -3.85. The molecule has 2 aliphatic heterocycles. The van der Waals surface area contributed by atoms with Crippen LogP contribution in [0.25, 0.3) is 0 Å². The summed E-state index contributed by atoms with van der Waals surface area (Å²) in [6.07, 6.45) is -0.258. The van der Waals surface area contributed by atoms with Gasteiger partial charge in [-0.05, 0) is 25.5 Å². The fraction of sp³-hybridized carbons (Fsp3) is 0.556. The van der Waals surface area contributed by atoms with Gasteiger partial charge in [-0.2, -0.15) is 4.31 Å². The monoisotopic (exact) mass is 429 g/mol. The highest BCUT2D eigenvalue weighted by Crippen LogP contribution is 2.26. The molecular formula is C18H24ClN3O5S. The summed E-state index contributed by atoms with van der Waals surface area (Å²) in [5, 5.41) is 0.134. The van der Waals surface area contributed by atoms with Crippen molar-refractivity contribution in [2.45, 2.75) is 24.3 Å². The Labute approximate surface area is 170 Å². The minimum atomic E-state index is -3.85. The number of benzene rings is 1. The van der Waals surface area contributed by atoms with Crippen LogP contribution in [0.2, 0.25) is 5.02 Å². The quantitative estimate of drug-likeness (QED) is 0.706. The largest absolute Gasteiger partial charge is 0.366 e. The molecule has 8 nitrogen and oxygen atoms in total. The van der Waals surface area contributed by atoms with Gasteiger partial charge in [0, 0.05) is 32.7 Å². The van der Waals surface area contributed by atoms with Gasteiger partial charge in [0.2, 0.25) is 15.9 Å². The maximum atomic E-state index is 12.9. The van der Waals surface area contributed by atoms with E-state index in [1.807, 2.05) is 6.92 Å². The standard InChI is InChI=1S/C18H24ClN3O5S/c1-2-20-8-5-9-21(13-17(20)23)18(24)15-12-22(10-11-27-15)28(25,26)16-7-4-3-6-14(16)19/h3-4,6-7,15H,2,5,8-13H2,1H3/t15-/m1/s1. The topological polar surface area (TPSA) is 87.2 Å². The third kappa shape index (κ3) is 4.32. The Morgan fingerprint density at radius 2 is 2.00 bits per heavy atom. The van der Waals surface area contributed by atoms with E-state index in [0.717, 1.165) is 0 Å². The van der Waals surface area contributed by atoms with Crippen LogP contribution in [0.1, 0.15) is 13.3 Å². The zero-order valence-electron chi connectivity index (χ0n) is 15.7. The molecule has 0 aliphatic carbocycles. The third-order valence-electron chi connectivity index (χ3n) is 4.99. The van der Waals surface area contributed by atoms with Gasteiger partial charge in [0.15, 0.2) is 0 Å². The molecular weight excluding hydrogens is 406 g/mol. The Bertz CT molecular complexity index is 847. The van der Waals surface area contributed by atoms with Crippen LogP contribution in [0.5, 0.6) is 0 Å².